The lowest BCUT2D eigenvalue weighted by Crippen LogP contribution is -2.14. The van der Waals surface area contributed by atoms with Gasteiger partial charge in [-0.25, -0.2) is 8.42 Å². The molecule has 3 aromatic rings. The zero-order valence-electron chi connectivity index (χ0n) is 13.4. The molecular formula is C16H14ClN3O4S2. The first kappa shape index (κ1) is 18.6. The number of carbonyl (C=O) groups is 1. The molecule has 1 amide bonds. The highest BCUT2D eigenvalue weighted by Crippen LogP contribution is 2.24. The molecule has 2 heterocycles. The van der Waals surface area contributed by atoms with E-state index in [9.17, 15) is 13.2 Å². The number of benzene rings is 1. The summed E-state index contributed by atoms with van der Waals surface area (Å²) in [7, 11) is -3.46. The van der Waals surface area contributed by atoms with Crippen molar-refractivity contribution in [3.05, 3.63) is 46.8 Å². The van der Waals surface area contributed by atoms with Crippen molar-refractivity contribution in [3.8, 4) is 10.8 Å². The summed E-state index contributed by atoms with van der Waals surface area (Å²) in [5, 5.41) is 12.4. The Bertz CT molecular complexity index is 983. The SMILES string of the molecule is O=C(CCCS(=O)(=O)c1ccc(Cl)cc1)Nc1nnc(-c2cccs2)o1. The Morgan fingerprint density at radius 1 is 1.19 bits per heavy atom. The molecule has 0 unspecified atom stereocenters. The zero-order chi connectivity index (χ0) is 18.6. The lowest BCUT2D eigenvalue weighted by molar-refractivity contribution is -0.116. The van der Waals surface area contributed by atoms with Crippen LogP contribution in [-0.4, -0.2) is 30.3 Å². The van der Waals surface area contributed by atoms with E-state index in [-0.39, 0.29) is 29.5 Å². The Balaban J connectivity index is 1.50. The van der Waals surface area contributed by atoms with Crippen LogP contribution in [0.25, 0.3) is 10.8 Å². The number of anilines is 1. The summed E-state index contributed by atoms with van der Waals surface area (Å²) < 4.78 is 29.8. The van der Waals surface area contributed by atoms with Crippen LogP contribution in [0.15, 0.2) is 51.1 Å². The summed E-state index contributed by atoms with van der Waals surface area (Å²) in [4.78, 5) is 12.9. The van der Waals surface area contributed by atoms with Crippen LogP contribution in [0.2, 0.25) is 5.02 Å². The van der Waals surface area contributed by atoms with Crippen LogP contribution in [-0.2, 0) is 14.6 Å². The fraction of sp³-hybridized carbons (Fsp3) is 0.188. The Kier molecular flexibility index (Phi) is 5.70. The predicted octanol–water partition coefficient (Wildman–Crippen LogP) is 3.64. The van der Waals surface area contributed by atoms with E-state index < -0.39 is 15.7 Å². The van der Waals surface area contributed by atoms with E-state index in [0.29, 0.717) is 10.9 Å². The second-order valence-corrected chi connectivity index (χ2v) is 8.81. The first-order valence-electron chi connectivity index (χ1n) is 7.59. The minimum Gasteiger partial charge on any atom is -0.402 e. The summed E-state index contributed by atoms with van der Waals surface area (Å²) >= 11 is 7.19. The molecule has 1 N–H and O–H groups in total. The Hall–Kier alpha value is -2.23. The van der Waals surface area contributed by atoms with Gasteiger partial charge in [0.25, 0.3) is 5.89 Å². The van der Waals surface area contributed by atoms with Gasteiger partial charge in [-0.1, -0.05) is 22.8 Å². The summed E-state index contributed by atoms with van der Waals surface area (Å²) in [6.45, 7) is 0. The van der Waals surface area contributed by atoms with Crippen LogP contribution in [0, 0.1) is 0 Å². The Morgan fingerprint density at radius 2 is 1.96 bits per heavy atom. The third-order valence-electron chi connectivity index (χ3n) is 3.39. The number of hydrogen-bond donors (Lipinski definition) is 1. The van der Waals surface area contributed by atoms with E-state index in [1.54, 1.807) is 0 Å². The van der Waals surface area contributed by atoms with Gasteiger partial charge in [-0.2, -0.15) is 0 Å². The fourth-order valence-corrected chi connectivity index (χ4v) is 4.22. The fourth-order valence-electron chi connectivity index (χ4n) is 2.14. The average molecular weight is 412 g/mol. The van der Waals surface area contributed by atoms with Gasteiger partial charge in [-0.15, -0.1) is 16.4 Å². The highest BCUT2D eigenvalue weighted by molar-refractivity contribution is 7.91. The first-order valence-corrected chi connectivity index (χ1v) is 10.5. The molecule has 7 nitrogen and oxygen atoms in total. The van der Waals surface area contributed by atoms with Gasteiger partial charge < -0.3 is 4.42 Å². The highest BCUT2D eigenvalue weighted by Gasteiger charge is 2.16. The summed E-state index contributed by atoms with van der Waals surface area (Å²) in [5.41, 5.74) is 0. The number of aromatic nitrogens is 2. The van der Waals surface area contributed by atoms with Crippen molar-refractivity contribution in [2.75, 3.05) is 11.1 Å². The van der Waals surface area contributed by atoms with Crippen LogP contribution in [0.4, 0.5) is 6.01 Å². The number of amides is 1. The van der Waals surface area contributed by atoms with E-state index in [0.717, 1.165) is 4.88 Å². The molecule has 0 aliphatic heterocycles. The third kappa shape index (κ3) is 4.69. The molecule has 0 aliphatic carbocycles. The van der Waals surface area contributed by atoms with Crippen molar-refractivity contribution in [1.29, 1.82) is 0 Å². The number of nitrogens with one attached hydrogen (secondary N) is 1. The van der Waals surface area contributed by atoms with Gasteiger partial charge in [-0.05, 0) is 42.1 Å². The van der Waals surface area contributed by atoms with E-state index in [4.69, 9.17) is 16.0 Å². The average Bonchev–Trinajstić information content (AvgIpc) is 3.26. The number of thiophene rings is 1. The van der Waals surface area contributed by atoms with Crippen LogP contribution >= 0.6 is 22.9 Å². The van der Waals surface area contributed by atoms with Gasteiger partial charge in [0, 0.05) is 11.4 Å². The monoisotopic (exact) mass is 411 g/mol. The Morgan fingerprint density at radius 3 is 2.65 bits per heavy atom. The van der Waals surface area contributed by atoms with Gasteiger partial charge in [0.1, 0.15) is 0 Å². The standard InChI is InChI=1S/C16H14ClN3O4S2/c17-11-5-7-12(8-6-11)26(22,23)10-2-4-14(21)18-16-20-19-15(24-16)13-3-1-9-25-13/h1,3,5-9H,2,4,10H2,(H,18,20,21). The molecule has 1 aromatic carbocycles. The topological polar surface area (TPSA) is 102 Å². The van der Waals surface area contributed by atoms with Gasteiger partial charge in [0.05, 0.1) is 15.5 Å². The van der Waals surface area contributed by atoms with Crippen molar-refractivity contribution in [3.63, 3.8) is 0 Å². The van der Waals surface area contributed by atoms with Gasteiger partial charge >= 0.3 is 6.01 Å². The summed E-state index contributed by atoms with van der Waals surface area (Å²) in [6, 6.07) is 9.59. The zero-order valence-corrected chi connectivity index (χ0v) is 15.8. The summed E-state index contributed by atoms with van der Waals surface area (Å²) in [5.74, 6) is -0.218. The second kappa shape index (κ2) is 7.98. The van der Waals surface area contributed by atoms with E-state index in [2.05, 4.69) is 15.5 Å². The quantitative estimate of drug-likeness (QED) is 0.636. The van der Waals surface area contributed by atoms with Gasteiger partial charge in [0.15, 0.2) is 9.84 Å². The van der Waals surface area contributed by atoms with Crippen molar-refractivity contribution in [2.24, 2.45) is 0 Å². The van der Waals surface area contributed by atoms with Gasteiger partial charge in [0.2, 0.25) is 5.91 Å². The molecule has 0 atom stereocenters. The number of carbonyl (C=O) groups excluding carboxylic acids is 1. The maximum Gasteiger partial charge on any atom is 0.322 e. The molecular weight excluding hydrogens is 398 g/mol. The minimum absolute atomic E-state index is 0.0149. The predicted molar refractivity (Wildman–Crippen MR) is 99.0 cm³/mol. The number of halogens is 1. The molecule has 0 fully saturated rings. The Labute approximate surface area is 158 Å². The van der Waals surface area contributed by atoms with E-state index >= 15 is 0 Å². The molecule has 3 rings (SSSR count). The largest absolute Gasteiger partial charge is 0.402 e. The highest BCUT2D eigenvalue weighted by atomic mass is 35.5. The molecule has 0 bridgehead atoms. The third-order valence-corrected chi connectivity index (χ3v) is 6.32. The van der Waals surface area contributed by atoms with E-state index in [1.165, 1.54) is 35.6 Å². The lowest BCUT2D eigenvalue weighted by Gasteiger charge is -2.04. The van der Waals surface area contributed by atoms with Crippen molar-refractivity contribution >= 4 is 44.7 Å². The number of hydrogen-bond acceptors (Lipinski definition) is 7. The molecule has 136 valence electrons. The second-order valence-electron chi connectivity index (χ2n) is 5.31. The molecule has 26 heavy (non-hydrogen) atoms. The van der Waals surface area contributed by atoms with Crippen LogP contribution in [0.5, 0.6) is 0 Å². The maximum atomic E-state index is 12.2. The van der Waals surface area contributed by atoms with Crippen molar-refractivity contribution < 1.29 is 17.6 Å². The van der Waals surface area contributed by atoms with Crippen LogP contribution < -0.4 is 5.32 Å². The first-order chi connectivity index (χ1) is 12.4. The molecule has 0 aliphatic rings. The number of nitrogens with zero attached hydrogens (tertiary/aromatic N) is 2. The van der Waals surface area contributed by atoms with Gasteiger partial charge in [-0.3, -0.25) is 10.1 Å². The molecule has 10 heteroatoms. The normalized spacial score (nSPS) is 11.4. The lowest BCUT2D eigenvalue weighted by atomic mass is 10.3. The summed E-state index contributed by atoms with van der Waals surface area (Å²) in [6.07, 6.45) is 0.187. The van der Waals surface area contributed by atoms with Crippen molar-refractivity contribution in [2.45, 2.75) is 17.7 Å². The smallest absolute Gasteiger partial charge is 0.322 e. The van der Waals surface area contributed by atoms with Crippen LogP contribution in [0.3, 0.4) is 0 Å². The molecule has 0 saturated carbocycles. The molecule has 2 aromatic heterocycles. The number of rotatable bonds is 7. The molecule has 0 radical (unpaired) electrons. The minimum atomic E-state index is -3.46. The van der Waals surface area contributed by atoms with E-state index in [1.807, 2.05) is 17.5 Å². The molecule has 0 saturated heterocycles. The maximum absolute atomic E-state index is 12.2. The van der Waals surface area contributed by atoms with Crippen LogP contribution in [0.1, 0.15) is 12.8 Å². The molecule has 0 spiro atoms. The van der Waals surface area contributed by atoms with Crippen molar-refractivity contribution in [1.82, 2.24) is 10.2 Å². The number of sulfone groups is 1.